The van der Waals surface area contributed by atoms with Gasteiger partial charge in [0, 0.05) is 11.0 Å². The Kier molecular flexibility index (Phi) is 3.58. The van der Waals surface area contributed by atoms with E-state index in [1.807, 2.05) is 42.5 Å². The van der Waals surface area contributed by atoms with Gasteiger partial charge in [0.1, 0.15) is 10.7 Å². The van der Waals surface area contributed by atoms with Crippen LogP contribution in [0.2, 0.25) is 0 Å². The van der Waals surface area contributed by atoms with Crippen LogP contribution in [0.4, 0.5) is 4.79 Å². The molecule has 100 valence electrons. The van der Waals surface area contributed by atoms with Crippen molar-refractivity contribution in [3.8, 4) is 0 Å². The average molecular weight is 302 g/mol. The molecule has 0 atom stereocenters. The zero-order chi connectivity index (χ0) is 13.9. The topological polar surface area (TPSA) is 54.3 Å². The fourth-order valence-electron chi connectivity index (χ4n) is 1.70. The largest absolute Gasteiger partial charge is 0.450 e. The van der Waals surface area contributed by atoms with Gasteiger partial charge < -0.3 is 9.73 Å². The Hall–Kier alpha value is -2.05. The number of rotatable bonds is 3. The maximum atomic E-state index is 11.1. The van der Waals surface area contributed by atoms with Gasteiger partial charge in [-0.2, -0.15) is 0 Å². The molecule has 1 aromatic carbocycles. The first-order chi connectivity index (χ1) is 9.70. The van der Waals surface area contributed by atoms with E-state index in [4.69, 9.17) is 16.6 Å². The van der Waals surface area contributed by atoms with E-state index in [9.17, 15) is 4.79 Å². The number of amides is 2. The monoisotopic (exact) mass is 302 g/mol. The number of hydrogen-bond acceptors (Lipinski definition) is 4. The van der Waals surface area contributed by atoms with Crippen molar-refractivity contribution in [1.29, 1.82) is 0 Å². The molecule has 6 heteroatoms. The van der Waals surface area contributed by atoms with Crippen molar-refractivity contribution in [3.05, 3.63) is 53.9 Å². The summed E-state index contributed by atoms with van der Waals surface area (Å²) in [5.41, 5.74) is 0.551. The van der Waals surface area contributed by atoms with Gasteiger partial charge in [0.15, 0.2) is 5.09 Å². The standard InChI is InChI=1S/C14H10N2O2S2/c17-14-15-11(13(19)16-14)8-9-6-7-12(18-9)20-10-4-2-1-3-5-10/h1-8H,(H2,15,16,17,19)/b11-8+. The molecule has 20 heavy (non-hydrogen) atoms. The van der Waals surface area contributed by atoms with E-state index in [0.717, 1.165) is 9.99 Å². The van der Waals surface area contributed by atoms with E-state index in [1.54, 1.807) is 6.08 Å². The predicted octanol–water partition coefficient (Wildman–Crippen LogP) is 3.41. The van der Waals surface area contributed by atoms with E-state index >= 15 is 0 Å². The zero-order valence-corrected chi connectivity index (χ0v) is 11.9. The smallest absolute Gasteiger partial charge is 0.324 e. The van der Waals surface area contributed by atoms with Gasteiger partial charge in [-0.3, -0.25) is 5.32 Å². The summed E-state index contributed by atoms with van der Waals surface area (Å²) in [4.78, 5) is 12.6. The van der Waals surface area contributed by atoms with Crippen molar-refractivity contribution in [2.75, 3.05) is 0 Å². The van der Waals surface area contributed by atoms with Crippen LogP contribution in [0.3, 0.4) is 0 Å². The molecule has 1 aliphatic rings. The summed E-state index contributed by atoms with van der Waals surface area (Å²) in [6.07, 6.45) is 1.70. The van der Waals surface area contributed by atoms with Gasteiger partial charge in [0.2, 0.25) is 0 Å². The van der Waals surface area contributed by atoms with Crippen LogP contribution in [0.25, 0.3) is 6.08 Å². The summed E-state index contributed by atoms with van der Waals surface area (Å²) in [5, 5.41) is 5.90. The SMILES string of the molecule is O=C1NC(=S)/C(=C\c2ccc(Sc3ccccc3)o2)N1. The Bertz CT molecular complexity index is 692. The van der Waals surface area contributed by atoms with Gasteiger partial charge in [-0.15, -0.1) is 0 Å². The molecular weight excluding hydrogens is 292 g/mol. The van der Waals surface area contributed by atoms with E-state index in [1.165, 1.54) is 11.8 Å². The second-order valence-corrected chi connectivity index (χ2v) is 5.52. The lowest BCUT2D eigenvalue weighted by Crippen LogP contribution is -2.21. The molecule has 0 saturated carbocycles. The van der Waals surface area contributed by atoms with Crippen LogP contribution < -0.4 is 10.6 Å². The quantitative estimate of drug-likeness (QED) is 0.674. The molecule has 0 bridgehead atoms. The summed E-state index contributed by atoms with van der Waals surface area (Å²) in [6.45, 7) is 0. The van der Waals surface area contributed by atoms with Crippen LogP contribution >= 0.6 is 24.0 Å². The molecule has 0 unspecified atom stereocenters. The van der Waals surface area contributed by atoms with Gasteiger partial charge in [-0.05, 0) is 24.3 Å². The van der Waals surface area contributed by atoms with Crippen molar-refractivity contribution in [2.45, 2.75) is 9.99 Å². The van der Waals surface area contributed by atoms with Gasteiger partial charge in [0.05, 0.1) is 5.70 Å². The third kappa shape index (κ3) is 2.92. The van der Waals surface area contributed by atoms with Gasteiger partial charge >= 0.3 is 6.03 Å². The van der Waals surface area contributed by atoms with E-state index < -0.39 is 0 Å². The summed E-state index contributed by atoms with van der Waals surface area (Å²) in [7, 11) is 0. The van der Waals surface area contributed by atoms with E-state index in [-0.39, 0.29) is 6.03 Å². The Morgan fingerprint density at radius 2 is 1.90 bits per heavy atom. The van der Waals surface area contributed by atoms with E-state index in [0.29, 0.717) is 16.4 Å². The normalized spacial score (nSPS) is 16.3. The van der Waals surface area contributed by atoms with Crippen molar-refractivity contribution in [2.24, 2.45) is 0 Å². The number of nitrogens with one attached hydrogen (secondary N) is 2. The van der Waals surface area contributed by atoms with Crippen LogP contribution in [-0.2, 0) is 0 Å². The van der Waals surface area contributed by atoms with Crippen LogP contribution in [0, 0.1) is 0 Å². The molecular formula is C14H10N2O2S2. The maximum Gasteiger partial charge on any atom is 0.324 e. The first kappa shape index (κ1) is 13.0. The molecule has 2 amide bonds. The first-order valence-corrected chi connectivity index (χ1v) is 7.10. The molecule has 1 aliphatic heterocycles. The third-order valence-electron chi connectivity index (χ3n) is 2.57. The molecule has 1 fully saturated rings. The number of hydrogen-bond donors (Lipinski definition) is 2. The maximum absolute atomic E-state index is 11.1. The Morgan fingerprint density at radius 1 is 1.10 bits per heavy atom. The minimum absolute atomic E-state index is 0.313. The van der Waals surface area contributed by atoms with Gasteiger partial charge in [-0.1, -0.05) is 42.2 Å². The number of urea groups is 1. The van der Waals surface area contributed by atoms with Gasteiger partial charge in [0.25, 0.3) is 0 Å². The average Bonchev–Trinajstić information content (AvgIpc) is 2.98. The molecule has 4 nitrogen and oxygen atoms in total. The molecule has 0 radical (unpaired) electrons. The number of thiocarbonyl (C=S) groups is 1. The molecule has 2 aromatic rings. The fourth-order valence-corrected chi connectivity index (χ4v) is 2.70. The highest BCUT2D eigenvalue weighted by atomic mass is 32.2. The minimum atomic E-state index is -0.313. The first-order valence-electron chi connectivity index (χ1n) is 5.87. The lowest BCUT2D eigenvalue weighted by atomic mass is 10.3. The highest BCUT2D eigenvalue weighted by Gasteiger charge is 2.19. The summed E-state index contributed by atoms with van der Waals surface area (Å²) in [5.74, 6) is 0.643. The highest BCUT2D eigenvalue weighted by molar-refractivity contribution is 7.99. The third-order valence-corrected chi connectivity index (χ3v) is 3.82. The summed E-state index contributed by atoms with van der Waals surface area (Å²) < 4.78 is 5.68. The number of benzene rings is 1. The Balaban J connectivity index is 1.76. The zero-order valence-electron chi connectivity index (χ0n) is 10.3. The Labute approximate surface area is 125 Å². The second kappa shape index (κ2) is 5.52. The molecule has 0 aliphatic carbocycles. The van der Waals surface area contributed by atoms with Crippen LogP contribution in [-0.4, -0.2) is 11.0 Å². The van der Waals surface area contributed by atoms with Crippen molar-refractivity contribution >= 4 is 41.1 Å². The van der Waals surface area contributed by atoms with Crippen molar-refractivity contribution in [3.63, 3.8) is 0 Å². The Morgan fingerprint density at radius 3 is 2.60 bits per heavy atom. The lowest BCUT2D eigenvalue weighted by Gasteiger charge is -1.96. The van der Waals surface area contributed by atoms with Crippen LogP contribution in [0.15, 0.2) is 62.6 Å². The minimum Gasteiger partial charge on any atom is -0.450 e. The summed E-state index contributed by atoms with van der Waals surface area (Å²) >= 11 is 6.55. The number of furan rings is 1. The van der Waals surface area contributed by atoms with E-state index in [2.05, 4.69) is 10.6 Å². The molecule has 2 heterocycles. The lowest BCUT2D eigenvalue weighted by molar-refractivity contribution is 0.250. The molecule has 1 aromatic heterocycles. The van der Waals surface area contributed by atoms with Crippen LogP contribution in [0.1, 0.15) is 5.76 Å². The number of carbonyl (C=O) groups is 1. The highest BCUT2D eigenvalue weighted by Crippen LogP contribution is 2.29. The molecule has 1 saturated heterocycles. The molecule has 2 N–H and O–H groups in total. The second-order valence-electron chi connectivity index (χ2n) is 4.04. The molecule has 3 rings (SSSR count). The predicted molar refractivity (Wildman–Crippen MR) is 81.5 cm³/mol. The molecule has 0 spiro atoms. The fraction of sp³-hybridized carbons (Fsp3) is 0. The van der Waals surface area contributed by atoms with Crippen molar-refractivity contribution in [1.82, 2.24) is 10.6 Å². The van der Waals surface area contributed by atoms with Gasteiger partial charge in [-0.25, -0.2) is 4.79 Å². The summed E-state index contributed by atoms with van der Waals surface area (Å²) in [6, 6.07) is 13.4. The van der Waals surface area contributed by atoms with Crippen molar-refractivity contribution < 1.29 is 9.21 Å². The number of carbonyl (C=O) groups excluding carboxylic acids is 1. The van der Waals surface area contributed by atoms with Crippen LogP contribution in [0.5, 0.6) is 0 Å².